The summed E-state index contributed by atoms with van der Waals surface area (Å²) in [7, 11) is -3.61. The lowest BCUT2D eigenvalue weighted by molar-refractivity contribution is -0.124. The molecule has 0 radical (unpaired) electrons. The van der Waals surface area contributed by atoms with E-state index in [0.717, 1.165) is 0 Å². The minimum absolute atomic E-state index is 0.146. The number of carbonyl (C=O) groups excluding carboxylic acids is 1. The highest BCUT2D eigenvalue weighted by Gasteiger charge is 2.32. The Morgan fingerprint density at radius 1 is 1.19 bits per heavy atom. The van der Waals surface area contributed by atoms with E-state index in [1.165, 1.54) is 0 Å². The fourth-order valence-electron chi connectivity index (χ4n) is 2.44. The minimum atomic E-state index is -3.61. The number of sulfonamides is 1. The predicted octanol–water partition coefficient (Wildman–Crippen LogP) is 3.64. The number of hydrogen-bond acceptors (Lipinski definition) is 4. The van der Waals surface area contributed by atoms with Crippen molar-refractivity contribution in [1.29, 1.82) is 0 Å². The summed E-state index contributed by atoms with van der Waals surface area (Å²) in [6.45, 7) is 3.76. The van der Waals surface area contributed by atoms with Crippen LogP contribution in [0.4, 0.5) is 11.4 Å². The van der Waals surface area contributed by atoms with Gasteiger partial charge in [0.05, 0.1) is 22.5 Å². The molecule has 0 atom stereocenters. The molecule has 2 aromatic rings. The number of fused-ring (bicyclic) bond motifs is 1. The van der Waals surface area contributed by atoms with E-state index in [4.69, 9.17) is 16.3 Å². The molecule has 1 amide bonds. The van der Waals surface area contributed by atoms with Crippen molar-refractivity contribution >= 4 is 38.9 Å². The molecule has 2 aromatic carbocycles. The first-order valence-electron chi connectivity index (χ1n) is 7.98. The predicted molar refractivity (Wildman–Crippen MR) is 102 cm³/mol. The lowest BCUT2D eigenvalue weighted by Gasteiger charge is -2.18. The molecule has 1 aliphatic heterocycles. The second kappa shape index (κ2) is 6.81. The molecule has 3 rings (SSSR count). The molecule has 0 aliphatic carbocycles. The summed E-state index contributed by atoms with van der Waals surface area (Å²) < 4.78 is 33.0. The first kappa shape index (κ1) is 18.5. The van der Waals surface area contributed by atoms with Gasteiger partial charge in [0.15, 0.2) is 0 Å². The summed E-state index contributed by atoms with van der Waals surface area (Å²) in [5.41, 5.74) is 0.836. The molecule has 0 fully saturated rings. The van der Waals surface area contributed by atoms with E-state index in [0.29, 0.717) is 27.7 Å². The van der Waals surface area contributed by atoms with Gasteiger partial charge in [0.2, 0.25) is 15.9 Å². The molecule has 26 heavy (non-hydrogen) atoms. The van der Waals surface area contributed by atoms with Gasteiger partial charge in [0.25, 0.3) is 0 Å². The third-order valence-electron chi connectivity index (χ3n) is 3.98. The molecule has 8 heteroatoms. The van der Waals surface area contributed by atoms with Crippen LogP contribution in [0.2, 0.25) is 5.02 Å². The third kappa shape index (κ3) is 4.28. The van der Waals surface area contributed by atoms with Gasteiger partial charge in [-0.3, -0.25) is 9.52 Å². The zero-order chi connectivity index (χ0) is 18.9. The second-order valence-electron chi connectivity index (χ2n) is 6.83. The minimum Gasteiger partial charge on any atom is -0.490 e. The molecular formula is C18H19ClN2O4S. The second-order valence-corrected chi connectivity index (χ2v) is 8.98. The van der Waals surface area contributed by atoms with Gasteiger partial charge in [0, 0.05) is 11.1 Å². The largest absolute Gasteiger partial charge is 0.490 e. The standard InChI is InChI=1S/C18H19ClN2O4S/c1-18(2)11-25-16-9-14(7-8-15(16)20-17(18)22)21-26(23,24)10-12-3-5-13(19)6-4-12/h3-9,21H,10-11H2,1-2H3,(H,20,22). The van der Waals surface area contributed by atoms with Crippen molar-refractivity contribution in [3.05, 3.63) is 53.1 Å². The number of rotatable bonds is 4. The van der Waals surface area contributed by atoms with Crippen molar-refractivity contribution in [3.8, 4) is 5.75 Å². The van der Waals surface area contributed by atoms with Crippen molar-refractivity contribution in [1.82, 2.24) is 0 Å². The Labute approximate surface area is 157 Å². The average Bonchev–Trinajstić information content (AvgIpc) is 2.66. The highest BCUT2D eigenvalue weighted by atomic mass is 35.5. The molecule has 0 unspecified atom stereocenters. The van der Waals surface area contributed by atoms with Crippen molar-refractivity contribution in [3.63, 3.8) is 0 Å². The Bertz CT molecular complexity index is 940. The van der Waals surface area contributed by atoms with E-state index < -0.39 is 15.4 Å². The molecule has 1 heterocycles. The fourth-order valence-corrected chi connectivity index (χ4v) is 3.75. The first-order valence-corrected chi connectivity index (χ1v) is 10.0. The molecule has 6 nitrogen and oxygen atoms in total. The lowest BCUT2D eigenvalue weighted by atomic mass is 9.94. The van der Waals surface area contributed by atoms with Crippen LogP contribution in [0, 0.1) is 5.41 Å². The summed E-state index contributed by atoms with van der Waals surface area (Å²) in [5.74, 6) is 0.106. The van der Waals surface area contributed by atoms with Gasteiger partial charge >= 0.3 is 0 Å². The van der Waals surface area contributed by atoms with Crippen LogP contribution in [0.3, 0.4) is 0 Å². The van der Waals surface area contributed by atoms with Crippen molar-refractivity contribution in [2.24, 2.45) is 5.41 Å². The van der Waals surface area contributed by atoms with Gasteiger partial charge in [0.1, 0.15) is 12.4 Å². The monoisotopic (exact) mass is 394 g/mol. The van der Waals surface area contributed by atoms with Crippen molar-refractivity contribution < 1.29 is 17.9 Å². The summed E-state index contributed by atoms with van der Waals surface area (Å²) in [5, 5.41) is 3.34. The van der Waals surface area contributed by atoms with Crippen LogP contribution in [0.5, 0.6) is 5.75 Å². The van der Waals surface area contributed by atoms with Crippen molar-refractivity contribution in [2.45, 2.75) is 19.6 Å². The zero-order valence-corrected chi connectivity index (χ0v) is 15.9. The normalized spacial score (nSPS) is 16.0. The van der Waals surface area contributed by atoms with Crippen LogP contribution < -0.4 is 14.8 Å². The van der Waals surface area contributed by atoms with Crippen molar-refractivity contribution in [2.75, 3.05) is 16.6 Å². The number of nitrogens with one attached hydrogen (secondary N) is 2. The van der Waals surface area contributed by atoms with E-state index in [2.05, 4.69) is 10.0 Å². The molecular weight excluding hydrogens is 376 g/mol. The molecule has 2 N–H and O–H groups in total. The lowest BCUT2D eigenvalue weighted by Crippen LogP contribution is -2.33. The molecule has 0 saturated heterocycles. The molecule has 0 spiro atoms. The number of benzene rings is 2. The topological polar surface area (TPSA) is 84.5 Å². The Hall–Kier alpha value is -2.25. The summed E-state index contributed by atoms with van der Waals surface area (Å²) in [6.07, 6.45) is 0. The number of halogens is 1. The van der Waals surface area contributed by atoms with E-state index in [1.54, 1.807) is 56.3 Å². The quantitative estimate of drug-likeness (QED) is 0.829. The van der Waals surface area contributed by atoms with Crippen LogP contribution in [-0.2, 0) is 20.6 Å². The van der Waals surface area contributed by atoms with E-state index in [1.807, 2.05) is 0 Å². The first-order chi connectivity index (χ1) is 12.1. The smallest absolute Gasteiger partial charge is 0.236 e. The van der Waals surface area contributed by atoms with Crippen LogP contribution in [-0.4, -0.2) is 20.9 Å². The average molecular weight is 395 g/mol. The Balaban J connectivity index is 1.78. The molecule has 0 saturated carbocycles. The van der Waals surface area contributed by atoms with E-state index in [9.17, 15) is 13.2 Å². The van der Waals surface area contributed by atoms with Gasteiger partial charge in [-0.15, -0.1) is 0 Å². The van der Waals surface area contributed by atoms with Gasteiger partial charge < -0.3 is 10.1 Å². The number of hydrogen-bond donors (Lipinski definition) is 2. The highest BCUT2D eigenvalue weighted by molar-refractivity contribution is 7.91. The SMILES string of the molecule is CC1(C)COc2cc(NS(=O)(=O)Cc3ccc(Cl)cc3)ccc2NC1=O. The maximum absolute atomic E-state index is 12.4. The molecule has 138 valence electrons. The van der Waals surface area contributed by atoms with Crippen LogP contribution in [0.25, 0.3) is 0 Å². The van der Waals surface area contributed by atoms with Gasteiger partial charge in [-0.1, -0.05) is 23.7 Å². The number of anilines is 2. The maximum Gasteiger partial charge on any atom is 0.236 e. The van der Waals surface area contributed by atoms with Gasteiger partial charge in [-0.2, -0.15) is 0 Å². The number of amides is 1. The Morgan fingerprint density at radius 2 is 1.88 bits per heavy atom. The Kier molecular flexibility index (Phi) is 4.86. The van der Waals surface area contributed by atoms with Gasteiger partial charge in [-0.25, -0.2) is 8.42 Å². The van der Waals surface area contributed by atoms with Crippen LogP contribution in [0.15, 0.2) is 42.5 Å². The Morgan fingerprint density at radius 3 is 2.58 bits per heavy atom. The third-order valence-corrected chi connectivity index (χ3v) is 5.49. The van der Waals surface area contributed by atoms with Crippen LogP contribution in [0.1, 0.15) is 19.4 Å². The zero-order valence-electron chi connectivity index (χ0n) is 14.4. The molecule has 0 aromatic heterocycles. The maximum atomic E-state index is 12.4. The number of carbonyl (C=O) groups is 1. The summed E-state index contributed by atoms with van der Waals surface area (Å²) in [6, 6.07) is 11.4. The van der Waals surface area contributed by atoms with E-state index in [-0.39, 0.29) is 18.3 Å². The van der Waals surface area contributed by atoms with Gasteiger partial charge in [-0.05, 0) is 43.7 Å². The summed E-state index contributed by atoms with van der Waals surface area (Å²) >= 11 is 5.81. The number of ether oxygens (including phenoxy) is 1. The molecule has 1 aliphatic rings. The van der Waals surface area contributed by atoms with Crippen LogP contribution >= 0.6 is 11.6 Å². The van der Waals surface area contributed by atoms with E-state index >= 15 is 0 Å². The summed E-state index contributed by atoms with van der Waals surface area (Å²) in [4.78, 5) is 12.1. The highest BCUT2D eigenvalue weighted by Crippen LogP contribution is 2.34. The fraction of sp³-hybridized carbons (Fsp3) is 0.278. The molecule has 0 bridgehead atoms.